The van der Waals surface area contributed by atoms with Crippen molar-refractivity contribution in [3.8, 4) is 17.3 Å². The van der Waals surface area contributed by atoms with Crippen LogP contribution in [0.5, 0.6) is 0 Å². The third kappa shape index (κ3) is 3.98. The molecule has 2 aliphatic heterocycles. The number of aliphatic hydroxyl groups is 1. The fourth-order valence-corrected chi connectivity index (χ4v) is 4.72. The molecule has 10 heteroatoms. The molecule has 3 aromatic rings. The predicted octanol–water partition coefficient (Wildman–Crippen LogP) is 2.74. The molecule has 0 bridgehead atoms. The van der Waals surface area contributed by atoms with E-state index in [9.17, 15) is 15.2 Å². The average molecular weight is 473 g/mol. The summed E-state index contributed by atoms with van der Waals surface area (Å²) in [5.74, 6) is 0.640. The summed E-state index contributed by atoms with van der Waals surface area (Å²) < 4.78 is 1.72. The fourth-order valence-electron chi connectivity index (χ4n) is 4.72. The molecule has 0 fully saturated rings. The van der Waals surface area contributed by atoms with Crippen LogP contribution in [0.1, 0.15) is 42.4 Å². The first kappa shape index (κ1) is 22.8. The van der Waals surface area contributed by atoms with Crippen molar-refractivity contribution in [2.45, 2.75) is 32.7 Å². The van der Waals surface area contributed by atoms with Gasteiger partial charge in [-0.25, -0.2) is 9.97 Å². The molecule has 0 saturated heterocycles. The molecule has 0 radical (unpaired) electrons. The second-order valence-corrected chi connectivity index (χ2v) is 9.80. The van der Waals surface area contributed by atoms with Crippen LogP contribution in [0.2, 0.25) is 0 Å². The van der Waals surface area contributed by atoms with E-state index in [4.69, 9.17) is 0 Å². The van der Waals surface area contributed by atoms with Crippen molar-refractivity contribution in [1.82, 2.24) is 24.6 Å². The van der Waals surface area contributed by atoms with E-state index in [2.05, 4.69) is 45.6 Å². The van der Waals surface area contributed by atoms with Gasteiger partial charge < -0.3 is 20.6 Å². The maximum absolute atomic E-state index is 13.1. The Morgan fingerprint density at radius 1 is 1.34 bits per heavy atom. The zero-order chi connectivity index (χ0) is 24.7. The lowest BCUT2D eigenvalue weighted by Crippen LogP contribution is -2.42. The van der Waals surface area contributed by atoms with Crippen LogP contribution < -0.4 is 10.6 Å². The first-order valence-corrected chi connectivity index (χ1v) is 11.7. The van der Waals surface area contributed by atoms with Gasteiger partial charge in [-0.1, -0.05) is 20.8 Å². The number of fused-ring (bicyclic) bond motifs is 2. The molecule has 1 aromatic carbocycles. The number of benzene rings is 1. The Balaban J connectivity index is 1.47. The minimum absolute atomic E-state index is 0.0352. The van der Waals surface area contributed by atoms with Gasteiger partial charge in [-0.15, -0.1) is 0 Å². The van der Waals surface area contributed by atoms with Crippen molar-refractivity contribution in [2.75, 3.05) is 36.9 Å². The molecule has 3 N–H and O–H groups in total. The normalized spacial score (nSPS) is 18.7. The van der Waals surface area contributed by atoms with Gasteiger partial charge in [-0.2, -0.15) is 10.4 Å². The molecular formula is C25H28N8O2. The number of hydrogen-bond donors (Lipinski definition) is 3. The van der Waals surface area contributed by atoms with Crippen molar-refractivity contribution in [1.29, 1.82) is 5.26 Å². The third-order valence-corrected chi connectivity index (χ3v) is 6.61. The summed E-state index contributed by atoms with van der Waals surface area (Å²) in [6, 6.07) is 7.78. The highest BCUT2D eigenvalue weighted by Crippen LogP contribution is 2.41. The number of aromatic nitrogens is 4. The number of rotatable bonds is 6. The summed E-state index contributed by atoms with van der Waals surface area (Å²) in [4.78, 5) is 24.0. The van der Waals surface area contributed by atoms with Gasteiger partial charge in [0.2, 0.25) is 5.95 Å². The Morgan fingerprint density at radius 2 is 2.17 bits per heavy atom. The van der Waals surface area contributed by atoms with E-state index in [1.165, 1.54) is 0 Å². The largest absolute Gasteiger partial charge is 0.395 e. The van der Waals surface area contributed by atoms with Crippen LogP contribution in [0.3, 0.4) is 0 Å². The number of amides is 1. The SMILES string of the molecule is CC(C)CN1CCn2ncc(Nc3nccc(-c4cc(C#N)c5c(c4)[C@@](C)(CO)CN5)n3)c2C1=O. The summed E-state index contributed by atoms with van der Waals surface area (Å²) in [6.45, 7) is 8.64. The Hall–Kier alpha value is -3.97. The van der Waals surface area contributed by atoms with Crippen molar-refractivity contribution < 1.29 is 9.90 Å². The third-order valence-electron chi connectivity index (χ3n) is 6.61. The molecule has 4 heterocycles. The molecule has 1 amide bonds. The summed E-state index contributed by atoms with van der Waals surface area (Å²) in [5, 5.41) is 30.5. The maximum Gasteiger partial charge on any atom is 0.274 e. The molecule has 0 saturated carbocycles. The van der Waals surface area contributed by atoms with Crippen molar-refractivity contribution in [3.05, 3.63) is 47.4 Å². The van der Waals surface area contributed by atoms with Gasteiger partial charge in [-0.05, 0) is 29.7 Å². The zero-order valence-corrected chi connectivity index (χ0v) is 20.0. The van der Waals surface area contributed by atoms with E-state index < -0.39 is 5.41 Å². The number of nitriles is 1. The molecule has 2 aromatic heterocycles. The highest BCUT2D eigenvalue weighted by atomic mass is 16.3. The quantitative estimate of drug-likeness (QED) is 0.499. The van der Waals surface area contributed by atoms with Crippen LogP contribution in [0.4, 0.5) is 17.3 Å². The lowest BCUT2D eigenvalue weighted by molar-refractivity contribution is 0.0677. The van der Waals surface area contributed by atoms with Gasteiger partial charge in [0.1, 0.15) is 11.8 Å². The first-order valence-electron chi connectivity index (χ1n) is 11.7. The minimum Gasteiger partial charge on any atom is -0.395 e. The lowest BCUT2D eigenvalue weighted by Gasteiger charge is -2.29. The van der Waals surface area contributed by atoms with Gasteiger partial charge in [0, 0.05) is 36.8 Å². The molecule has 5 rings (SSSR count). The topological polar surface area (TPSA) is 132 Å². The van der Waals surface area contributed by atoms with E-state index in [1.54, 1.807) is 29.2 Å². The molecular weight excluding hydrogens is 444 g/mol. The molecule has 0 unspecified atom stereocenters. The van der Waals surface area contributed by atoms with Crippen LogP contribution in [-0.4, -0.2) is 61.9 Å². The van der Waals surface area contributed by atoms with E-state index in [-0.39, 0.29) is 12.5 Å². The van der Waals surface area contributed by atoms with Gasteiger partial charge in [0.25, 0.3) is 5.91 Å². The second kappa shape index (κ2) is 8.67. The predicted molar refractivity (Wildman–Crippen MR) is 131 cm³/mol. The van der Waals surface area contributed by atoms with Gasteiger partial charge in [-0.3, -0.25) is 9.48 Å². The van der Waals surface area contributed by atoms with Crippen molar-refractivity contribution in [3.63, 3.8) is 0 Å². The van der Waals surface area contributed by atoms with Crippen LogP contribution >= 0.6 is 0 Å². The molecule has 0 aliphatic carbocycles. The lowest BCUT2D eigenvalue weighted by atomic mass is 9.83. The highest BCUT2D eigenvalue weighted by molar-refractivity contribution is 5.99. The fraction of sp³-hybridized carbons (Fsp3) is 0.400. The van der Waals surface area contributed by atoms with E-state index >= 15 is 0 Å². The average Bonchev–Trinajstić information content (AvgIpc) is 3.42. The van der Waals surface area contributed by atoms with Crippen molar-refractivity contribution in [2.24, 2.45) is 5.92 Å². The number of aliphatic hydroxyl groups excluding tert-OH is 1. The molecule has 180 valence electrons. The summed E-state index contributed by atoms with van der Waals surface area (Å²) >= 11 is 0. The maximum atomic E-state index is 13.1. The van der Waals surface area contributed by atoms with Gasteiger partial charge in [0.15, 0.2) is 0 Å². The molecule has 10 nitrogen and oxygen atoms in total. The minimum atomic E-state index is -0.482. The van der Waals surface area contributed by atoms with Crippen LogP contribution in [0, 0.1) is 17.2 Å². The Morgan fingerprint density at radius 3 is 2.91 bits per heavy atom. The first-order chi connectivity index (χ1) is 16.8. The standard InChI is InChI=1S/C25H28N8O2/c1-15(2)12-32-6-7-33-22(23(32)35)20(11-29-33)31-24-27-5-4-19(30-24)16-8-17(10-26)21-18(9-16)25(3,14-34)13-28-21/h4-5,8-9,11,15,28,34H,6-7,12-14H2,1-3H3,(H,27,30,31)/t25-/m1/s1. The van der Waals surface area contributed by atoms with E-state index in [1.807, 2.05) is 17.9 Å². The number of carbonyl (C=O) groups is 1. The van der Waals surface area contributed by atoms with E-state index in [0.717, 1.165) is 16.8 Å². The monoisotopic (exact) mass is 472 g/mol. The summed E-state index contributed by atoms with van der Waals surface area (Å²) in [7, 11) is 0. The smallest absolute Gasteiger partial charge is 0.274 e. The Kier molecular flexibility index (Phi) is 5.65. The zero-order valence-electron chi connectivity index (χ0n) is 20.0. The molecule has 35 heavy (non-hydrogen) atoms. The van der Waals surface area contributed by atoms with Gasteiger partial charge >= 0.3 is 0 Å². The Bertz CT molecular complexity index is 1340. The summed E-state index contributed by atoms with van der Waals surface area (Å²) in [5.41, 5.74) is 4.12. The number of anilines is 3. The number of hydrogen-bond acceptors (Lipinski definition) is 8. The van der Waals surface area contributed by atoms with Crippen molar-refractivity contribution >= 4 is 23.2 Å². The number of nitrogens with zero attached hydrogens (tertiary/aromatic N) is 6. The molecule has 2 aliphatic rings. The highest BCUT2D eigenvalue weighted by Gasteiger charge is 2.36. The van der Waals surface area contributed by atoms with Crippen LogP contribution in [-0.2, 0) is 12.0 Å². The Labute approximate surface area is 203 Å². The van der Waals surface area contributed by atoms with Crippen LogP contribution in [0.15, 0.2) is 30.6 Å². The second-order valence-electron chi connectivity index (χ2n) is 9.80. The van der Waals surface area contributed by atoms with Crippen LogP contribution in [0.25, 0.3) is 11.3 Å². The number of nitrogens with one attached hydrogen (secondary N) is 2. The van der Waals surface area contributed by atoms with E-state index in [0.29, 0.717) is 60.7 Å². The summed E-state index contributed by atoms with van der Waals surface area (Å²) in [6.07, 6.45) is 3.26. The molecule has 0 spiro atoms. The molecule has 1 atom stereocenters. The van der Waals surface area contributed by atoms with Gasteiger partial charge in [0.05, 0.1) is 42.0 Å². The number of carbonyl (C=O) groups excluding carboxylic acids is 1.